The second-order valence-corrected chi connectivity index (χ2v) is 36.7. The number of carbonyl (C=O) groups excluding carboxylic acids is 3. The van der Waals surface area contributed by atoms with Crippen molar-refractivity contribution in [2.24, 2.45) is 7.05 Å². The molecule has 0 spiro atoms. The van der Waals surface area contributed by atoms with Crippen molar-refractivity contribution in [3.05, 3.63) is 262 Å². The molecule has 9 aromatic heterocycles. The normalized spacial score (nSPS) is 15.5. The second-order valence-electron chi connectivity index (χ2n) is 33.7. The number of thiazole rings is 2. The average molecular weight is 1850 g/mol. The van der Waals surface area contributed by atoms with Crippen molar-refractivity contribution in [1.29, 1.82) is 0 Å². The smallest absolute Gasteiger partial charge is 0.350 e. The van der Waals surface area contributed by atoms with Gasteiger partial charge in [0, 0.05) is 117 Å². The summed E-state index contributed by atoms with van der Waals surface area (Å²) in [6, 6.07) is 29.6. The minimum absolute atomic E-state index is 0.0231. The highest BCUT2D eigenvalue weighted by atomic mass is 35.5. The maximum Gasteiger partial charge on any atom is 0.355 e. The van der Waals surface area contributed by atoms with Crippen molar-refractivity contribution in [2.45, 2.75) is 119 Å². The van der Waals surface area contributed by atoms with Crippen molar-refractivity contribution in [2.75, 3.05) is 73.6 Å². The topological polar surface area (TPSA) is 258 Å². The molecule has 15 aromatic rings. The molecule has 3 aliphatic heterocycles. The Bertz CT molecular complexity index is 7180. The van der Waals surface area contributed by atoms with Gasteiger partial charge in [0.1, 0.15) is 34.9 Å². The van der Waals surface area contributed by atoms with Crippen molar-refractivity contribution in [1.82, 2.24) is 77.8 Å². The van der Waals surface area contributed by atoms with E-state index in [0.717, 1.165) is 64.8 Å². The van der Waals surface area contributed by atoms with Crippen LogP contribution >= 0.6 is 57.5 Å². The summed E-state index contributed by atoms with van der Waals surface area (Å²) in [6.45, 7) is 38.9. The van der Waals surface area contributed by atoms with E-state index in [0.29, 0.717) is 127 Å². The summed E-state index contributed by atoms with van der Waals surface area (Å²) in [5, 5.41) is 2.33. The van der Waals surface area contributed by atoms with Gasteiger partial charge in [0.2, 0.25) is 17.7 Å². The Labute approximate surface area is 769 Å². The Morgan fingerprint density at radius 3 is 1.15 bits per heavy atom. The first-order valence-electron chi connectivity index (χ1n) is 42.6. The molecule has 3 aliphatic rings. The maximum atomic E-state index is 15.1. The third-order valence-electron chi connectivity index (χ3n) is 24.4. The minimum atomic E-state index is -0.529. The number of hydrogen-bond acceptors (Lipinski definition) is 20. The van der Waals surface area contributed by atoms with Gasteiger partial charge in [-0.25, -0.2) is 71.2 Å². The molecule has 25 nitrogen and oxygen atoms in total. The van der Waals surface area contributed by atoms with Gasteiger partial charge in [0.05, 0.1) is 114 Å². The predicted molar refractivity (Wildman–Crippen MR) is 514 cm³/mol. The zero-order valence-corrected chi connectivity index (χ0v) is 77.7. The van der Waals surface area contributed by atoms with Gasteiger partial charge in [0.15, 0.2) is 16.9 Å². The number of hydrogen-bond donors (Lipinski definition) is 0. The zero-order valence-electron chi connectivity index (χ0n) is 73.8. The number of anilines is 3. The van der Waals surface area contributed by atoms with Gasteiger partial charge in [0.25, 0.3) is 0 Å². The number of pyridine rings is 3. The van der Waals surface area contributed by atoms with E-state index in [4.69, 9.17) is 49.8 Å². The number of rotatable bonds is 15. The molecule has 0 saturated carbocycles. The fraction of sp³-hybridized carbons (Fsp3) is 0.289. The van der Waals surface area contributed by atoms with Crippen LogP contribution in [-0.4, -0.2) is 173 Å². The second kappa shape index (κ2) is 36.6. The molecule has 666 valence electrons. The third-order valence-corrected chi connectivity index (χ3v) is 26.8. The van der Waals surface area contributed by atoms with E-state index in [-0.39, 0.29) is 102 Å². The fourth-order valence-electron chi connectivity index (χ4n) is 18.0. The van der Waals surface area contributed by atoms with Crippen molar-refractivity contribution in [3.8, 4) is 50.8 Å². The third kappa shape index (κ3) is 16.4. The molecule has 130 heavy (non-hydrogen) atoms. The monoisotopic (exact) mass is 1850 g/mol. The van der Waals surface area contributed by atoms with E-state index >= 15 is 13.2 Å². The van der Waals surface area contributed by atoms with Gasteiger partial charge in [-0.05, 0) is 167 Å². The van der Waals surface area contributed by atoms with Crippen LogP contribution in [0.4, 0.5) is 30.6 Å². The molecule has 0 bridgehead atoms. The molecule has 0 radical (unpaired) electrons. The number of aryl methyl sites for hydroxylation is 4. The van der Waals surface area contributed by atoms with Crippen LogP contribution < -0.4 is 31.8 Å². The first-order chi connectivity index (χ1) is 62.2. The minimum Gasteiger partial charge on any atom is -0.350 e. The zero-order chi connectivity index (χ0) is 92.6. The number of carbonyl (C=O) groups is 3. The molecule has 3 fully saturated rings. The van der Waals surface area contributed by atoms with Crippen molar-refractivity contribution < 1.29 is 27.6 Å². The predicted octanol–water partition coefficient (Wildman–Crippen LogP) is 18.8. The largest absolute Gasteiger partial charge is 0.355 e. The summed E-state index contributed by atoms with van der Waals surface area (Å²) < 4.78 is 53.7. The van der Waals surface area contributed by atoms with Gasteiger partial charge in [-0.15, -0.1) is 22.7 Å². The molecular formula is C97H93Cl3F3N19O6S2. The maximum absolute atomic E-state index is 15.1. The first kappa shape index (κ1) is 90.5. The Hall–Kier alpha value is -12.9. The van der Waals surface area contributed by atoms with E-state index in [1.165, 1.54) is 50.1 Å². The van der Waals surface area contributed by atoms with Gasteiger partial charge in [-0.2, -0.15) is 15.0 Å². The summed E-state index contributed by atoms with van der Waals surface area (Å²) in [5.74, 6) is -0.481. The number of imidazole rings is 1. The molecule has 0 N–H and O–H groups in total. The quantitative estimate of drug-likeness (QED) is 0.0864. The lowest BCUT2D eigenvalue weighted by atomic mass is 9.96. The van der Waals surface area contributed by atoms with Gasteiger partial charge < -0.3 is 34.0 Å². The number of benzene rings is 6. The fourth-order valence-corrected chi connectivity index (χ4v) is 20.3. The number of halogens is 6. The highest BCUT2D eigenvalue weighted by Gasteiger charge is 2.37. The molecule has 33 heteroatoms. The molecule has 3 amide bonds. The SMILES string of the molecule is C=CC(=O)N1CCN(c2nc(=O)n(-c3c(C(C)C)cc4c(ncn4C)c3C)c3nc(-c4ccccc4F)c(Cl)cc23)[C@@H](C)C1.C=CC(=O)N1CCN(c2nc(=O)n(-c3c(C(C)C)cc4scnc4c3C)c3nc(-c4ccccc4F)c(Cl)cc23)[C@@H](C)C1.C=CC(=O)N1CCN(c2nc(=O)n(-c3c(C)cc4scnc4c3C(C)C)c3nc(-c4ccccc4F)c(Cl)cc23)[C@@H](C)C1. The Morgan fingerprint density at radius 2 is 0.792 bits per heavy atom. The van der Waals surface area contributed by atoms with Gasteiger partial charge in [-0.1, -0.05) is 132 Å². The first-order valence-corrected chi connectivity index (χ1v) is 45.5. The summed E-state index contributed by atoms with van der Waals surface area (Å²) in [5.41, 5.74) is 14.9. The average Bonchev–Trinajstić information content (AvgIpc) is 1.42. The molecule has 3 atom stereocenters. The number of aromatic nitrogens is 13. The Balaban J connectivity index is 0.000000143. The van der Waals surface area contributed by atoms with Crippen molar-refractivity contribution in [3.63, 3.8) is 0 Å². The molecule has 18 rings (SSSR count). The number of fused-ring (bicyclic) bond motifs is 6. The summed E-state index contributed by atoms with van der Waals surface area (Å²) >= 11 is 23.6. The van der Waals surface area contributed by atoms with E-state index in [1.54, 1.807) is 128 Å². The lowest BCUT2D eigenvalue weighted by molar-refractivity contribution is -0.127. The van der Waals surface area contributed by atoms with Crippen LogP contribution in [0.25, 0.3) is 115 Å². The van der Waals surface area contributed by atoms with E-state index in [9.17, 15) is 28.8 Å². The molecule has 0 unspecified atom stereocenters. The van der Waals surface area contributed by atoms with E-state index in [1.807, 2.05) is 80.0 Å². The van der Waals surface area contributed by atoms with Crippen LogP contribution in [0.3, 0.4) is 0 Å². The summed E-state index contributed by atoms with van der Waals surface area (Å²) in [6.07, 6.45) is 5.66. The van der Waals surface area contributed by atoms with Crippen LogP contribution in [0.15, 0.2) is 179 Å². The van der Waals surface area contributed by atoms with Gasteiger partial charge in [-0.3, -0.25) is 14.4 Å². The summed E-state index contributed by atoms with van der Waals surface area (Å²) in [7, 11) is 1.93. The van der Waals surface area contributed by atoms with Crippen LogP contribution in [-0.2, 0) is 21.4 Å². The van der Waals surface area contributed by atoms with Crippen LogP contribution in [0, 0.1) is 38.2 Å². The van der Waals surface area contributed by atoms with E-state index < -0.39 is 34.5 Å². The lowest BCUT2D eigenvalue weighted by Gasteiger charge is -2.40. The molecule has 3 saturated heterocycles. The number of amides is 3. The number of nitrogens with zero attached hydrogens (tertiary/aromatic N) is 19. The number of piperazine rings is 3. The molecule has 6 aromatic carbocycles. The standard InChI is InChI=1S/C33H33ClFN7O2.2C32H30ClFN6O2S/c1-7-27(43)40-12-13-41(19(4)16-40)31-23-14-24(34)29(21-10-8-9-11-25(21)35)37-32(23)42(33(44)38-31)30-20(5)28-26(39(6)17-36-28)15-22(30)18(2)3;1-6-26(41)38-11-12-39(18(4)15-38)30-22-13-23(33)28(20-9-7-8-10-24(20)34)36-31(22)40(32(42)37-30)29-19(5)27-25(43-16-35-27)14-21(29)17(2)3;1-6-25(41)38-11-12-39(19(5)15-38)30-21-14-22(33)27(20-9-7-8-10-23(20)34)36-31(21)40(32(42)37-30)29-18(4)13-24-28(35-16-43-24)26(29)17(2)3/h7-11,14-15,17-19H,1,12-13,16H2,2-6H3;6-10,13-14,16-18H,1,11-12,15H2,2-5H3;6-10,13-14,16-17,19H,1,11-12,15H2,2-5H3/t19-;18-;19-/m000/s1. The molecule has 12 heterocycles. The van der Waals surface area contributed by atoms with Crippen LogP contribution in [0.5, 0.6) is 0 Å². The Kier molecular flexibility index (Phi) is 25.5. The highest BCUT2D eigenvalue weighted by molar-refractivity contribution is 7.17. The van der Waals surface area contributed by atoms with Crippen LogP contribution in [0.1, 0.15) is 113 Å². The highest BCUT2D eigenvalue weighted by Crippen LogP contribution is 2.45. The lowest BCUT2D eigenvalue weighted by Crippen LogP contribution is -2.54. The van der Waals surface area contributed by atoms with E-state index in [2.05, 4.69) is 97.2 Å². The molecular weight excluding hydrogens is 1750 g/mol. The van der Waals surface area contributed by atoms with Crippen molar-refractivity contribution >= 4 is 157 Å². The van der Waals surface area contributed by atoms with Crippen LogP contribution in [0.2, 0.25) is 15.1 Å². The van der Waals surface area contributed by atoms with Gasteiger partial charge >= 0.3 is 17.1 Å². The molecule has 0 aliphatic carbocycles. The summed E-state index contributed by atoms with van der Waals surface area (Å²) in [4.78, 5) is 133. The Morgan fingerprint density at radius 1 is 0.446 bits per heavy atom.